The van der Waals surface area contributed by atoms with Crippen LogP contribution in [0, 0.1) is 0 Å². The molecule has 0 amide bonds. The van der Waals surface area contributed by atoms with Gasteiger partial charge in [-0.1, -0.05) is 0 Å². The Hall–Kier alpha value is -0.200. The minimum Gasteiger partial charge on any atom is -0.389 e. The maximum absolute atomic E-state index is 8.96. The monoisotopic (exact) mass is 149 g/mol. The van der Waals surface area contributed by atoms with Gasteiger partial charge in [0.05, 0.1) is 18.8 Å². The van der Waals surface area contributed by atoms with E-state index < -0.39 is 24.5 Å². The predicted molar refractivity (Wildman–Crippen MR) is 31.9 cm³/mol. The highest BCUT2D eigenvalue weighted by Gasteiger charge is 2.34. The van der Waals surface area contributed by atoms with Gasteiger partial charge in [0.2, 0.25) is 0 Å². The van der Waals surface area contributed by atoms with E-state index in [1.54, 1.807) is 0 Å². The van der Waals surface area contributed by atoms with Crippen LogP contribution in [0.25, 0.3) is 0 Å². The second kappa shape index (κ2) is 2.81. The third-order valence-corrected chi connectivity index (χ3v) is 1.57. The number of nitrogens with two attached hydrogens (primary N) is 1. The number of ether oxygens (including phenoxy) is 1. The number of rotatable bonds is 0. The number of aliphatic hydroxyl groups excluding tert-OH is 3. The Kier molecular flexibility index (Phi) is 2.22. The van der Waals surface area contributed by atoms with Gasteiger partial charge in [-0.15, -0.1) is 0 Å². The van der Waals surface area contributed by atoms with E-state index in [4.69, 9.17) is 21.1 Å². The molecule has 1 rings (SSSR count). The summed E-state index contributed by atoms with van der Waals surface area (Å²) in [6.07, 6.45) is -3.35. The minimum absolute atomic E-state index is 0.0284. The standard InChI is InChI=1S/C5H11NO4/c6-3-2(7)1-10-5(9)4(3)8/h2-5,7-9H,1,6H2/t2-,3-,4+,5?/m1/s1. The van der Waals surface area contributed by atoms with Gasteiger partial charge in [0.25, 0.3) is 0 Å². The maximum atomic E-state index is 8.96. The van der Waals surface area contributed by atoms with Crippen molar-refractivity contribution in [2.75, 3.05) is 6.61 Å². The fraction of sp³-hybridized carbons (Fsp3) is 1.00. The number of hydrogen-bond donors (Lipinski definition) is 4. The smallest absolute Gasteiger partial charge is 0.182 e. The summed E-state index contributed by atoms with van der Waals surface area (Å²) in [5.74, 6) is 0. The summed E-state index contributed by atoms with van der Waals surface area (Å²) in [5, 5.41) is 26.7. The molecular weight excluding hydrogens is 138 g/mol. The molecular formula is C5H11NO4. The van der Waals surface area contributed by atoms with E-state index in [1.807, 2.05) is 0 Å². The van der Waals surface area contributed by atoms with Crippen molar-refractivity contribution < 1.29 is 20.1 Å². The van der Waals surface area contributed by atoms with Crippen LogP contribution in [0.15, 0.2) is 0 Å². The van der Waals surface area contributed by atoms with Crippen molar-refractivity contribution in [2.45, 2.75) is 24.5 Å². The number of aliphatic hydroxyl groups is 3. The molecule has 0 aromatic carbocycles. The van der Waals surface area contributed by atoms with Gasteiger partial charge in [0.1, 0.15) is 6.10 Å². The molecule has 5 heteroatoms. The molecule has 0 aliphatic carbocycles. The molecule has 0 saturated carbocycles. The zero-order valence-corrected chi connectivity index (χ0v) is 5.34. The van der Waals surface area contributed by atoms with Crippen LogP contribution in [0.1, 0.15) is 0 Å². The first-order valence-electron chi connectivity index (χ1n) is 3.04. The molecule has 0 aromatic rings. The Labute approximate surface area is 58.0 Å². The summed E-state index contributed by atoms with van der Waals surface area (Å²) < 4.78 is 4.55. The molecule has 60 valence electrons. The second-order valence-electron chi connectivity index (χ2n) is 2.36. The van der Waals surface area contributed by atoms with Crippen LogP contribution in [0.2, 0.25) is 0 Å². The van der Waals surface area contributed by atoms with Crippen LogP contribution in [0.4, 0.5) is 0 Å². The zero-order chi connectivity index (χ0) is 7.72. The summed E-state index contributed by atoms with van der Waals surface area (Å²) in [5.41, 5.74) is 5.27. The van der Waals surface area contributed by atoms with E-state index in [1.165, 1.54) is 0 Å². The van der Waals surface area contributed by atoms with E-state index in [9.17, 15) is 0 Å². The SMILES string of the molecule is N[C@@H]1[C@H](O)COC(O)[C@H]1O. The maximum Gasteiger partial charge on any atom is 0.182 e. The molecule has 1 aliphatic heterocycles. The molecule has 5 nitrogen and oxygen atoms in total. The van der Waals surface area contributed by atoms with Crippen LogP contribution in [-0.2, 0) is 4.74 Å². The molecule has 1 fully saturated rings. The lowest BCUT2D eigenvalue weighted by Crippen LogP contribution is -2.57. The lowest BCUT2D eigenvalue weighted by Gasteiger charge is -2.32. The largest absolute Gasteiger partial charge is 0.389 e. The Morgan fingerprint density at radius 1 is 1.30 bits per heavy atom. The average Bonchev–Trinajstić information content (AvgIpc) is 1.93. The van der Waals surface area contributed by atoms with Crippen molar-refractivity contribution in [3.8, 4) is 0 Å². The fourth-order valence-corrected chi connectivity index (χ4v) is 0.825. The van der Waals surface area contributed by atoms with E-state index in [2.05, 4.69) is 4.74 Å². The summed E-state index contributed by atoms with van der Waals surface area (Å²) in [6, 6.07) is -0.816. The highest BCUT2D eigenvalue weighted by molar-refractivity contribution is 4.84. The molecule has 5 N–H and O–H groups in total. The second-order valence-corrected chi connectivity index (χ2v) is 2.36. The molecule has 10 heavy (non-hydrogen) atoms. The summed E-state index contributed by atoms with van der Waals surface area (Å²) in [4.78, 5) is 0. The van der Waals surface area contributed by atoms with Gasteiger partial charge in [-0.3, -0.25) is 0 Å². The molecule has 1 saturated heterocycles. The van der Waals surface area contributed by atoms with E-state index in [-0.39, 0.29) is 6.61 Å². The predicted octanol–water partition coefficient (Wildman–Crippen LogP) is -2.62. The first kappa shape index (κ1) is 7.90. The third kappa shape index (κ3) is 1.28. The van der Waals surface area contributed by atoms with Gasteiger partial charge in [-0.2, -0.15) is 0 Å². The first-order chi connectivity index (χ1) is 4.63. The molecule has 0 spiro atoms. The van der Waals surface area contributed by atoms with Crippen molar-refractivity contribution in [3.63, 3.8) is 0 Å². The third-order valence-electron chi connectivity index (χ3n) is 1.57. The van der Waals surface area contributed by atoms with Crippen molar-refractivity contribution in [2.24, 2.45) is 5.73 Å². The molecule has 4 atom stereocenters. The normalized spacial score (nSPS) is 49.2. The van der Waals surface area contributed by atoms with E-state index in [0.29, 0.717) is 0 Å². The summed E-state index contributed by atoms with van der Waals surface area (Å²) in [7, 11) is 0. The van der Waals surface area contributed by atoms with Crippen molar-refractivity contribution in [1.82, 2.24) is 0 Å². The molecule has 0 aromatic heterocycles. The van der Waals surface area contributed by atoms with Gasteiger partial charge < -0.3 is 25.8 Å². The highest BCUT2D eigenvalue weighted by atomic mass is 16.6. The Bertz CT molecular complexity index is 106. The van der Waals surface area contributed by atoms with Crippen LogP contribution >= 0.6 is 0 Å². The van der Waals surface area contributed by atoms with Crippen LogP contribution in [0.5, 0.6) is 0 Å². The van der Waals surface area contributed by atoms with Crippen LogP contribution in [0.3, 0.4) is 0 Å². The van der Waals surface area contributed by atoms with Gasteiger partial charge in [-0.05, 0) is 0 Å². The quantitative estimate of drug-likeness (QED) is 0.302. The number of hydrogen-bond acceptors (Lipinski definition) is 5. The Morgan fingerprint density at radius 2 is 1.90 bits per heavy atom. The first-order valence-corrected chi connectivity index (χ1v) is 3.04. The summed E-state index contributed by atoms with van der Waals surface area (Å²) >= 11 is 0. The molecule has 1 aliphatic rings. The van der Waals surface area contributed by atoms with Gasteiger partial charge >= 0.3 is 0 Å². The molecule has 0 bridgehead atoms. The highest BCUT2D eigenvalue weighted by Crippen LogP contribution is 2.10. The van der Waals surface area contributed by atoms with Gasteiger partial charge in [0.15, 0.2) is 6.29 Å². The van der Waals surface area contributed by atoms with Crippen molar-refractivity contribution in [3.05, 3.63) is 0 Å². The zero-order valence-electron chi connectivity index (χ0n) is 5.34. The van der Waals surface area contributed by atoms with Gasteiger partial charge in [-0.25, -0.2) is 0 Å². The Morgan fingerprint density at radius 3 is 2.40 bits per heavy atom. The van der Waals surface area contributed by atoms with Gasteiger partial charge in [0, 0.05) is 0 Å². The lowest BCUT2D eigenvalue weighted by molar-refractivity contribution is -0.219. The Balaban J connectivity index is 2.52. The minimum atomic E-state index is -1.27. The summed E-state index contributed by atoms with van der Waals surface area (Å²) in [6.45, 7) is -0.0284. The van der Waals surface area contributed by atoms with Crippen molar-refractivity contribution in [1.29, 1.82) is 0 Å². The lowest BCUT2D eigenvalue weighted by atomic mass is 10.0. The van der Waals surface area contributed by atoms with Crippen LogP contribution < -0.4 is 5.73 Å². The molecule has 1 heterocycles. The topological polar surface area (TPSA) is 95.9 Å². The fourth-order valence-electron chi connectivity index (χ4n) is 0.825. The molecule has 1 unspecified atom stereocenters. The van der Waals surface area contributed by atoms with E-state index in [0.717, 1.165) is 0 Å². The van der Waals surface area contributed by atoms with E-state index >= 15 is 0 Å². The van der Waals surface area contributed by atoms with Crippen molar-refractivity contribution >= 4 is 0 Å². The molecule has 0 radical (unpaired) electrons. The average molecular weight is 149 g/mol. The van der Waals surface area contributed by atoms with Crippen LogP contribution in [-0.4, -0.2) is 46.5 Å².